The summed E-state index contributed by atoms with van der Waals surface area (Å²) in [6.45, 7) is 2.38. The van der Waals surface area contributed by atoms with Crippen molar-refractivity contribution in [3.05, 3.63) is 65.7 Å². The van der Waals surface area contributed by atoms with Crippen LogP contribution in [0.3, 0.4) is 0 Å². The fourth-order valence-corrected chi connectivity index (χ4v) is 4.10. The molecule has 4 nitrogen and oxygen atoms in total. The minimum absolute atomic E-state index is 0.0526. The maximum absolute atomic E-state index is 12.0. The average Bonchev–Trinajstić information content (AvgIpc) is 2.67. The molecule has 2 atom stereocenters. The van der Waals surface area contributed by atoms with Crippen molar-refractivity contribution in [1.82, 2.24) is 5.32 Å². The van der Waals surface area contributed by atoms with Gasteiger partial charge >= 0.3 is 5.97 Å². The van der Waals surface area contributed by atoms with E-state index in [1.807, 2.05) is 36.4 Å². The predicted octanol–water partition coefficient (Wildman–Crippen LogP) is 3.30. The second-order valence-corrected chi connectivity index (χ2v) is 6.73. The van der Waals surface area contributed by atoms with Gasteiger partial charge in [0.05, 0.1) is 30.6 Å². The second kappa shape index (κ2) is 8.33. The van der Waals surface area contributed by atoms with Crippen LogP contribution in [-0.2, 0) is 9.47 Å². The summed E-state index contributed by atoms with van der Waals surface area (Å²) in [4.78, 5) is 13.0. The Labute approximate surface area is 146 Å². The zero-order chi connectivity index (χ0) is 16.8. The Morgan fingerprint density at radius 2 is 1.96 bits per heavy atom. The lowest BCUT2D eigenvalue weighted by atomic mass is 10.1. The van der Waals surface area contributed by atoms with E-state index in [1.54, 1.807) is 17.8 Å². The van der Waals surface area contributed by atoms with Gasteiger partial charge in [-0.15, -0.1) is 11.8 Å². The van der Waals surface area contributed by atoms with Gasteiger partial charge in [0.2, 0.25) is 0 Å². The van der Waals surface area contributed by atoms with Gasteiger partial charge in [-0.3, -0.25) is 0 Å². The van der Waals surface area contributed by atoms with Crippen molar-refractivity contribution in [2.24, 2.45) is 0 Å². The monoisotopic (exact) mass is 343 g/mol. The maximum Gasteiger partial charge on any atom is 0.338 e. The van der Waals surface area contributed by atoms with Gasteiger partial charge in [-0.1, -0.05) is 42.5 Å². The molecule has 1 N–H and O–H groups in total. The molecule has 5 heteroatoms. The summed E-state index contributed by atoms with van der Waals surface area (Å²) in [6.07, 6.45) is 0.0526. The van der Waals surface area contributed by atoms with Crippen LogP contribution < -0.4 is 5.32 Å². The van der Waals surface area contributed by atoms with Gasteiger partial charge in [-0.2, -0.15) is 0 Å². The molecule has 0 amide bonds. The average molecular weight is 343 g/mol. The van der Waals surface area contributed by atoms with Crippen LogP contribution in [0.4, 0.5) is 0 Å². The van der Waals surface area contributed by atoms with Crippen LogP contribution in [0.1, 0.15) is 21.2 Å². The standard InChI is InChI=1S/C19H21NO3S/c1-22-19(21)15-9-5-6-10-17(15)24-18(14-7-3-2-4-8-14)16-13-20-11-12-23-16/h2-10,16,18,20H,11-13H2,1H3/t16-,18?/m0/s1. The number of carbonyl (C=O) groups excluding carboxylic acids is 1. The molecule has 0 radical (unpaired) electrons. The number of rotatable bonds is 5. The SMILES string of the molecule is COC(=O)c1ccccc1SC(c1ccccc1)[C@@H]1CNCCO1. The van der Waals surface area contributed by atoms with Gasteiger partial charge in [0.25, 0.3) is 0 Å². The predicted molar refractivity (Wildman–Crippen MR) is 95.4 cm³/mol. The van der Waals surface area contributed by atoms with Crippen LogP contribution in [-0.4, -0.2) is 38.9 Å². The summed E-state index contributed by atoms with van der Waals surface area (Å²) in [5, 5.41) is 3.49. The van der Waals surface area contributed by atoms with Gasteiger partial charge in [0.1, 0.15) is 0 Å². The first-order chi connectivity index (χ1) is 11.8. The summed E-state index contributed by atoms with van der Waals surface area (Å²) >= 11 is 1.65. The number of ether oxygens (including phenoxy) is 2. The summed E-state index contributed by atoms with van der Waals surface area (Å²) < 4.78 is 10.9. The molecule has 1 heterocycles. The fraction of sp³-hybridized carbons (Fsp3) is 0.316. The zero-order valence-corrected chi connectivity index (χ0v) is 14.4. The second-order valence-electron chi connectivity index (χ2n) is 5.55. The molecule has 2 aromatic rings. The van der Waals surface area contributed by atoms with Crippen LogP contribution >= 0.6 is 11.8 Å². The van der Waals surface area contributed by atoms with Crippen molar-refractivity contribution < 1.29 is 14.3 Å². The van der Waals surface area contributed by atoms with Crippen LogP contribution in [0.15, 0.2) is 59.5 Å². The molecule has 0 spiro atoms. The number of methoxy groups -OCH3 is 1. The first kappa shape index (κ1) is 17.0. The molecule has 1 saturated heterocycles. The van der Waals surface area contributed by atoms with Crippen molar-refractivity contribution in [1.29, 1.82) is 0 Å². The lowest BCUT2D eigenvalue weighted by Gasteiger charge is -2.31. The normalized spacial score (nSPS) is 18.8. The van der Waals surface area contributed by atoms with Gasteiger partial charge in [0, 0.05) is 18.0 Å². The summed E-state index contributed by atoms with van der Waals surface area (Å²) in [7, 11) is 1.41. The van der Waals surface area contributed by atoms with E-state index >= 15 is 0 Å². The van der Waals surface area contributed by atoms with Crippen LogP contribution in [0, 0.1) is 0 Å². The lowest BCUT2D eigenvalue weighted by Crippen LogP contribution is -2.41. The van der Waals surface area contributed by atoms with E-state index in [2.05, 4.69) is 17.4 Å². The molecular weight excluding hydrogens is 322 g/mol. The maximum atomic E-state index is 12.0. The Balaban J connectivity index is 1.91. The quantitative estimate of drug-likeness (QED) is 0.667. The van der Waals surface area contributed by atoms with E-state index in [9.17, 15) is 4.79 Å². The van der Waals surface area contributed by atoms with Gasteiger partial charge in [-0.25, -0.2) is 4.79 Å². The van der Waals surface area contributed by atoms with Crippen molar-refractivity contribution in [2.45, 2.75) is 16.2 Å². The van der Waals surface area contributed by atoms with Crippen molar-refractivity contribution in [2.75, 3.05) is 26.8 Å². The van der Waals surface area contributed by atoms with Crippen molar-refractivity contribution in [3.8, 4) is 0 Å². The Morgan fingerprint density at radius 1 is 1.21 bits per heavy atom. The minimum Gasteiger partial charge on any atom is -0.465 e. The highest BCUT2D eigenvalue weighted by Crippen LogP contribution is 2.40. The van der Waals surface area contributed by atoms with E-state index in [1.165, 1.54) is 12.7 Å². The molecule has 1 aliphatic heterocycles. The molecule has 24 heavy (non-hydrogen) atoms. The molecule has 0 bridgehead atoms. The molecule has 1 fully saturated rings. The highest BCUT2D eigenvalue weighted by atomic mass is 32.2. The Kier molecular flexibility index (Phi) is 5.91. The molecule has 0 saturated carbocycles. The van der Waals surface area contributed by atoms with Gasteiger partial charge in [-0.05, 0) is 17.7 Å². The molecule has 0 aromatic heterocycles. The van der Waals surface area contributed by atoms with E-state index in [4.69, 9.17) is 9.47 Å². The number of hydrogen-bond acceptors (Lipinski definition) is 5. The first-order valence-electron chi connectivity index (χ1n) is 8.01. The smallest absolute Gasteiger partial charge is 0.338 e. The number of morpholine rings is 1. The zero-order valence-electron chi connectivity index (χ0n) is 13.6. The number of carbonyl (C=O) groups is 1. The molecule has 1 unspecified atom stereocenters. The van der Waals surface area contributed by atoms with Crippen molar-refractivity contribution >= 4 is 17.7 Å². The molecule has 2 aromatic carbocycles. The van der Waals surface area contributed by atoms with Crippen LogP contribution in [0.2, 0.25) is 0 Å². The van der Waals surface area contributed by atoms with Crippen LogP contribution in [0.25, 0.3) is 0 Å². The highest BCUT2D eigenvalue weighted by molar-refractivity contribution is 7.99. The molecular formula is C19H21NO3S. The summed E-state index contributed by atoms with van der Waals surface area (Å²) in [5.41, 5.74) is 1.78. The Bertz CT molecular complexity index is 671. The largest absolute Gasteiger partial charge is 0.465 e. The van der Waals surface area contributed by atoms with Crippen LogP contribution in [0.5, 0.6) is 0 Å². The molecule has 3 rings (SSSR count). The molecule has 0 aliphatic carbocycles. The van der Waals surface area contributed by atoms with E-state index in [0.717, 1.165) is 18.0 Å². The number of benzene rings is 2. The van der Waals surface area contributed by atoms with E-state index in [0.29, 0.717) is 12.2 Å². The third-order valence-electron chi connectivity index (χ3n) is 3.97. The minimum atomic E-state index is -0.312. The molecule has 1 aliphatic rings. The molecule has 126 valence electrons. The number of thioether (sulfide) groups is 1. The van der Waals surface area contributed by atoms with Gasteiger partial charge < -0.3 is 14.8 Å². The lowest BCUT2D eigenvalue weighted by molar-refractivity contribution is 0.0273. The van der Waals surface area contributed by atoms with E-state index in [-0.39, 0.29) is 17.3 Å². The number of nitrogens with one attached hydrogen (secondary N) is 1. The topological polar surface area (TPSA) is 47.6 Å². The van der Waals surface area contributed by atoms with Crippen molar-refractivity contribution in [3.63, 3.8) is 0 Å². The number of esters is 1. The fourth-order valence-electron chi connectivity index (χ4n) is 2.77. The third-order valence-corrected chi connectivity index (χ3v) is 5.41. The summed E-state index contributed by atoms with van der Waals surface area (Å²) in [6, 6.07) is 17.8. The first-order valence-corrected chi connectivity index (χ1v) is 8.89. The summed E-state index contributed by atoms with van der Waals surface area (Å²) in [5.74, 6) is -0.312. The van der Waals surface area contributed by atoms with E-state index < -0.39 is 0 Å². The Morgan fingerprint density at radius 3 is 2.67 bits per heavy atom. The third kappa shape index (κ3) is 3.98. The van der Waals surface area contributed by atoms with Gasteiger partial charge in [0.15, 0.2) is 0 Å². The number of hydrogen-bond donors (Lipinski definition) is 1. The highest BCUT2D eigenvalue weighted by Gasteiger charge is 2.28. The Hall–Kier alpha value is -1.82.